The monoisotopic (exact) mass is 1510 g/mol. The molecule has 2 aliphatic rings. The van der Waals surface area contributed by atoms with E-state index < -0.39 is 144 Å². The molecule has 0 aromatic heterocycles. The highest BCUT2D eigenvalue weighted by molar-refractivity contribution is 5.92. The predicted molar refractivity (Wildman–Crippen MR) is 402 cm³/mol. The first-order chi connectivity index (χ1) is 48.7. The Kier molecular flexibility index (Phi) is 37.7. The van der Waals surface area contributed by atoms with E-state index in [1.54, 1.807) is 65.8 Å². The van der Waals surface area contributed by atoms with Gasteiger partial charge in [-0.3, -0.25) is 19.4 Å². The molecule has 0 unspecified atom stereocenters. The molecule has 2 saturated heterocycles. The first kappa shape index (κ1) is 94.4. The Bertz CT molecular complexity index is 3320. The molecule has 3 aromatic carbocycles. The van der Waals surface area contributed by atoms with Crippen molar-refractivity contribution in [1.29, 1.82) is 0 Å². The second-order valence-electron chi connectivity index (χ2n) is 30.6. The molecule has 0 spiro atoms. The topological polar surface area (TPSA) is 293 Å². The van der Waals surface area contributed by atoms with Crippen LogP contribution in [0.1, 0.15) is 168 Å². The van der Waals surface area contributed by atoms with Crippen LogP contribution < -0.4 is 9.80 Å². The molecule has 5 rings (SSSR count). The van der Waals surface area contributed by atoms with Crippen molar-refractivity contribution < 1.29 is 104 Å². The number of benzene rings is 3. The number of morpholine rings is 2. The number of aliphatic carboxylic acids is 1. The summed E-state index contributed by atoms with van der Waals surface area (Å²) in [6.45, 7) is 30.2. The highest BCUT2D eigenvalue weighted by Crippen LogP contribution is 2.29. The number of alkyl halides is 2. The van der Waals surface area contributed by atoms with Gasteiger partial charge in [0, 0.05) is 91.4 Å². The Hall–Kier alpha value is -8.66. The molecule has 2 heterocycles. The molecule has 2 aliphatic heterocycles. The maximum Gasteiger partial charge on any atom is 0.410 e. The molecule has 4 amide bonds. The normalized spacial score (nSPS) is 15.6. The van der Waals surface area contributed by atoms with E-state index in [4.69, 9.17) is 42.6 Å². The number of carboxylic acid groups (broad SMARTS) is 1. The minimum absolute atomic E-state index is 0. The number of hydrogen-bond acceptors (Lipinski definition) is 21. The first-order valence-electron chi connectivity index (χ1n) is 35.7. The van der Waals surface area contributed by atoms with E-state index in [2.05, 4.69) is 9.80 Å². The number of likely N-dealkylation sites (N-methyl/N-ethyl adjacent to an activating group) is 4. The van der Waals surface area contributed by atoms with Gasteiger partial charge in [0.2, 0.25) is 0 Å². The fourth-order valence-electron chi connectivity index (χ4n) is 11.1. The van der Waals surface area contributed by atoms with E-state index in [0.29, 0.717) is 50.6 Å². The Morgan fingerprint density at radius 1 is 0.449 bits per heavy atom. The second-order valence-corrected chi connectivity index (χ2v) is 30.6. The molecular formula is C79H122F2N6O20. The molecule has 26 nitrogen and oxygen atoms in total. The van der Waals surface area contributed by atoms with Crippen LogP contribution in [-0.4, -0.2) is 236 Å². The van der Waals surface area contributed by atoms with Gasteiger partial charge >= 0.3 is 48.0 Å². The number of rotatable bonds is 32. The lowest BCUT2D eigenvalue weighted by Crippen LogP contribution is -2.52. The summed E-state index contributed by atoms with van der Waals surface area (Å²) in [4.78, 5) is 142. The van der Waals surface area contributed by atoms with Crippen molar-refractivity contribution in [1.82, 2.24) is 19.6 Å². The van der Waals surface area contributed by atoms with Crippen molar-refractivity contribution in [3.8, 4) is 0 Å². The van der Waals surface area contributed by atoms with Crippen molar-refractivity contribution in [3.05, 3.63) is 95.6 Å². The second kappa shape index (κ2) is 42.8. The van der Waals surface area contributed by atoms with Gasteiger partial charge < -0.3 is 67.3 Å². The standard InChI is InChI=1S/C42H60FN3O10.C35H54FN3O10.2CH4/c1-28(2)24-33(38(49)54-29(3)37(48)53-27-31-14-12-11-13-15-31)44(9)36(47)35(25-30-16-18-32(19-17-30)46-20-22-52-23-21-46)55-39(50)34(26-42(7,8)43)45(10)40(51)56-41(4,5)6;1-22(2)19-26(31(43)47-23(3)30(41)42)37(9)29(40)28(20-24-11-13-25(14-12-24)39-15-17-46-18-16-39)48-32(44)27(21-35(7,8)36)38(10)33(45)49-34(4,5)6;;/h11-19,28-29,33-35H,20-27H2,1-10H3;11-14,22-23,26-28H,15-21H2,1-10H3,(H,41,42);2*1H4/t29-,33+,34+,35-;23-,26+,27+,28-;;/m11../s1. The summed E-state index contributed by atoms with van der Waals surface area (Å²) >= 11 is 0. The van der Waals surface area contributed by atoms with Gasteiger partial charge in [-0.05, 0) is 149 Å². The van der Waals surface area contributed by atoms with Crippen LogP contribution in [0.25, 0.3) is 0 Å². The SMILES string of the molecule is C.C.CC(C)C[C@@H](C(=O)O[C@H](C)C(=O)O)N(C)C(=O)[C@@H](Cc1ccc(N2CCOCC2)cc1)OC(=O)[C@H](CC(C)(C)F)N(C)C(=O)OC(C)(C)C.CC(C)C[C@@H](C(=O)O[C@H](C)C(=O)OCc1ccccc1)N(C)C(=O)[C@@H](Cc1ccc(N2CCOCC2)cc1)OC(=O)[C@H](CC(C)(C)F)N(C)C(=O)OC(C)(C)C. The molecule has 0 radical (unpaired) electrons. The smallest absolute Gasteiger partial charge is 0.410 e. The lowest BCUT2D eigenvalue weighted by atomic mass is 9.99. The number of halogens is 2. The molecule has 8 atom stereocenters. The number of carbonyl (C=O) groups is 10. The number of ether oxygens (including phenoxy) is 9. The van der Waals surface area contributed by atoms with E-state index in [0.717, 1.165) is 49.6 Å². The molecule has 2 fully saturated rings. The quantitative estimate of drug-likeness (QED) is 0.0449. The van der Waals surface area contributed by atoms with Gasteiger partial charge in [-0.2, -0.15) is 0 Å². The largest absolute Gasteiger partial charge is 0.479 e. The van der Waals surface area contributed by atoms with E-state index in [1.165, 1.54) is 69.7 Å². The molecule has 602 valence electrons. The summed E-state index contributed by atoms with van der Waals surface area (Å²) in [5.41, 5.74) is -1.73. The maximum atomic E-state index is 15.2. The minimum atomic E-state index is -1.92. The van der Waals surface area contributed by atoms with Crippen LogP contribution in [0.2, 0.25) is 0 Å². The van der Waals surface area contributed by atoms with Crippen molar-refractivity contribution >= 4 is 71.2 Å². The molecule has 0 bridgehead atoms. The maximum absolute atomic E-state index is 15.2. The van der Waals surface area contributed by atoms with E-state index in [1.807, 2.05) is 82.3 Å². The molecular weight excluding hydrogens is 1390 g/mol. The average Bonchev–Trinajstić information content (AvgIpc) is 0.822. The van der Waals surface area contributed by atoms with Crippen LogP contribution in [0.4, 0.5) is 29.7 Å². The molecule has 0 aliphatic carbocycles. The third-order valence-electron chi connectivity index (χ3n) is 16.8. The fraction of sp³-hybridized carbons (Fsp3) is 0.646. The van der Waals surface area contributed by atoms with E-state index >= 15 is 8.78 Å². The van der Waals surface area contributed by atoms with Crippen LogP contribution in [-0.2, 0) is 100 Å². The van der Waals surface area contributed by atoms with Crippen LogP contribution in [0, 0.1) is 11.8 Å². The summed E-state index contributed by atoms with van der Waals surface area (Å²) in [5.74, 6) is -7.68. The third-order valence-corrected chi connectivity index (χ3v) is 16.8. The number of nitrogens with zero attached hydrogens (tertiary/aromatic N) is 6. The Balaban J connectivity index is 0.000000720. The van der Waals surface area contributed by atoms with Crippen molar-refractivity contribution in [3.63, 3.8) is 0 Å². The van der Waals surface area contributed by atoms with Crippen LogP contribution >= 0.6 is 0 Å². The summed E-state index contributed by atoms with van der Waals surface area (Å²) in [6, 6.07) is 18.5. The van der Waals surface area contributed by atoms with Gasteiger partial charge in [0.15, 0.2) is 24.4 Å². The van der Waals surface area contributed by atoms with Gasteiger partial charge in [0.05, 0.1) is 26.4 Å². The van der Waals surface area contributed by atoms with Crippen molar-refractivity contribution in [2.75, 3.05) is 90.6 Å². The summed E-state index contributed by atoms with van der Waals surface area (Å²) in [5, 5.41) is 9.29. The zero-order valence-electron chi connectivity index (χ0n) is 65.0. The average molecular weight is 1510 g/mol. The van der Waals surface area contributed by atoms with Crippen molar-refractivity contribution in [2.45, 2.75) is 242 Å². The third kappa shape index (κ3) is 32.8. The zero-order valence-corrected chi connectivity index (χ0v) is 65.0. The van der Waals surface area contributed by atoms with Crippen LogP contribution in [0.5, 0.6) is 0 Å². The van der Waals surface area contributed by atoms with Gasteiger partial charge in [0.1, 0.15) is 53.3 Å². The molecule has 0 saturated carbocycles. The number of carbonyl (C=O) groups excluding carboxylic acids is 9. The Morgan fingerprint density at radius 2 is 0.776 bits per heavy atom. The lowest BCUT2D eigenvalue weighted by Gasteiger charge is -2.34. The van der Waals surface area contributed by atoms with Gasteiger partial charge in [-0.25, -0.2) is 47.1 Å². The van der Waals surface area contributed by atoms with Gasteiger partial charge in [0.25, 0.3) is 11.8 Å². The Labute approximate surface area is 632 Å². The minimum Gasteiger partial charge on any atom is -0.479 e. The zero-order chi connectivity index (χ0) is 79.1. The Morgan fingerprint density at radius 3 is 1.08 bits per heavy atom. The molecule has 3 aromatic rings. The van der Waals surface area contributed by atoms with Crippen LogP contribution in [0.15, 0.2) is 78.9 Å². The van der Waals surface area contributed by atoms with Gasteiger partial charge in [-0.1, -0.05) is 97.1 Å². The number of hydrogen-bond donors (Lipinski definition) is 1. The number of esters is 5. The lowest BCUT2D eigenvalue weighted by molar-refractivity contribution is -0.174. The molecule has 1 N–H and O–H groups in total. The molecule has 28 heteroatoms. The van der Waals surface area contributed by atoms with Crippen molar-refractivity contribution in [2.24, 2.45) is 11.8 Å². The van der Waals surface area contributed by atoms with Gasteiger partial charge in [-0.15, -0.1) is 0 Å². The summed E-state index contributed by atoms with van der Waals surface area (Å²) in [6.07, 6.45) is -8.37. The highest BCUT2D eigenvalue weighted by atomic mass is 19.1. The predicted octanol–water partition coefficient (Wildman–Crippen LogP) is 11.4. The number of carboxylic acids is 1. The molecule has 107 heavy (non-hydrogen) atoms. The van der Waals surface area contributed by atoms with E-state index in [9.17, 15) is 53.1 Å². The van der Waals surface area contributed by atoms with Crippen LogP contribution in [0.3, 0.4) is 0 Å². The highest BCUT2D eigenvalue weighted by Gasteiger charge is 2.44. The summed E-state index contributed by atoms with van der Waals surface area (Å²) < 4.78 is 79.8. The number of amides is 4. The first-order valence-corrected chi connectivity index (χ1v) is 35.7. The fourth-order valence-corrected chi connectivity index (χ4v) is 11.1. The summed E-state index contributed by atoms with van der Waals surface area (Å²) in [7, 11) is 5.34. The van der Waals surface area contributed by atoms with E-state index in [-0.39, 0.29) is 59.0 Å². The number of anilines is 2.